The van der Waals surface area contributed by atoms with Crippen LogP contribution in [0.1, 0.15) is 62.0 Å². The molecule has 1 saturated carbocycles. The van der Waals surface area contributed by atoms with E-state index >= 15 is 0 Å². The fourth-order valence-corrected chi connectivity index (χ4v) is 4.95. The first kappa shape index (κ1) is 23.8. The van der Waals surface area contributed by atoms with E-state index in [0.29, 0.717) is 13.0 Å². The first-order valence-electron chi connectivity index (χ1n) is 12.1. The zero-order chi connectivity index (χ0) is 24.0. The van der Waals surface area contributed by atoms with Gasteiger partial charge in [-0.2, -0.15) is 0 Å². The summed E-state index contributed by atoms with van der Waals surface area (Å²) in [4.78, 5) is 35.8. The summed E-state index contributed by atoms with van der Waals surface area (Å²) in [6, 6.07) is 16.4. The van der Waals surface area contributed by atoms with Crippen molar-refractivity contribution in [1.82, 2.24) is 10.6 Å². The van der Waals surface area contributed by atoms with Crippen molar-refractivity contribution in [2.45, 2.75) is 50.9 Å². The SMILES string of the molecule is O=C(O)CCCCCNC(=O)C1(CNC(=O)OCC2c3ccccc3-c3ccccc32)CCC1. The van der Waals surface area contributed by atoms with E-state index in [1.807, 2.05) is 24.3 Å². The second-order valence-electron chi connectivity index (χ2n) is 9.27. The van der Waals surface area contributed by atoms with Crippen molar-refractivity contribution in [3.05, 3.63) is 59.7 Å². The summed E-state index contributed by atoms with van der Waals surface area (Å²) in [6.07, 6.45) is 4.20. The number of amides is 2. The fraction of sp³-hybridized carbons (Fsp3) is 0.444. The number of carboxylic acids is 1. The highest BCUT2D eigenvalue weighted by Gasteiger charge is 2.44. The molecule has 4 rings (SSSR count). The van der Waals surface area contributed by atoms with E-state index in [0.717, 1.165) is 43.2 Å². The Balaban J connectivity index is 1.24. The highest BCUT2D eigenvalue weighted by Crippen LogP contribution is 2.44. The number of nitrogens with one attached hydrogen (secondary N) is 2. The molecule has 0 bridgehead atoms. The van der Waals surface area contributed by atoms with Gasteiger partial charge in [-0.1, -0.05) is 61.4 Å². The maximum Gasteiger partial charge on any atom is 0.407 e. The molecule has 180 valence electrons. The van der Waals surface area contributed by atoms with Crippen LogP contribution >= 0.6 is 0 Å². The van der Waals surface area contributed by atoms with Gasteiger partial charge in [-0.3, -0.25) is 9.59 Å². The van der Waals surface area contributed by atoms with Crippen LogP contribution in [-0.4, -0.2) is 42.8 Å². The Hall–Kier alpha value is -3.35. The van der Waals surface area contributed by atoms with Gasteiger partial charge >= 0.3 is 12.1 Å². The van der Waals surface area contributed by atoms with Crippen LogP contribution in [0.4, 0.5) is 4.79 Å². The smallest absolute Gasteiger partial charge is 0.407 e. The molecule has 0 unspecified atom stereocenters. The average molecular weight is 465 g/mol. The zero-order valence-electron chi connectivity index (χ0n) is 19.3. The van der Waals surface area contributed by atoms with Gasteiger partial charge in [0.15, 0.2) is 0 Å². The van der Waals surface area contributed by atoms with Crippen LogP contribution in [0.5, 0.6) is 0 Å². The molecule has 34 heavy (non-hydrogen) atoms. The van der Waals surface area contributed by atoms with E-state index in [2.05, 4.69) is 34.9 Å². The monoisotopic (exact) mass is 464 g/mol. The second kappa shape index (κ2) is 10.7. The van der Waals surface area contributed by atoms with E-state index in [-0.39, 0.29) is 31.4 Å². The summed E-state index contributed by atoms with van der Waals surface area (Å²) in [5.74, 6) is -0.840. The molecule has 0 aliphatic heterocycles. The van der Waals surface area contributed by atoms with Crippen LogP contribution in [0.2, 0.25) is 0 Å². The summed E-state index contributed by atoms with van der Waals surface area (Å²) in [5, 5.41) is 14.5. The Bertz CT molecular complexity index is 1000. The number of alkyl carbamates (subject to hydrolysis) is 1. The Morgan fingerprint density at radius 3 is 2.15 bits per heavy atom. The summed E-state index contributed by atoms with van der Waals surface area (Å²) < 4.78 is 5.60. The molecule has 2 aromatic rings. The molecular formula is C27H32N2O5. The van der Waals surface area contributed by atoms with E-state index in [9.17, 15) is 14.4 Å². The minimum Gasteiger partial charge on any atom is -0.481 e. The number of benzene rings is 2. The van der Waals surface area contributed by atoms with E-state index in [1.54, 1.807) is 0 Å². The van der Waals surface area contributed by atoms with E-state index in [4.69, 9.17) is 9.84 Å². The third-order valence-corrected chi connectivity index (χ3v) is 7.06. The molecule has 1 fully saturated rings. The molecule has 7 nitrogen and oxygen atoms in total. The Kier molecular flexibility index (Phi) is 7.50. The Labute approximate surface area is 199 Å². The largest absolute Gasteiger partial charge is 0.481 e. The number of unbranched alkanes of at least 4 members (excludes halogenated alkanes) is 2. The normalized spacial score (nSPS) is 15.5. The Morgan fingerprint density at radius 1 is 0.912 bits per heavy atom. The van der Waals surface area contributed by atoms with Crippen LogP contribution in [0.15, 0.2) is 48.5 Å². The number of fused-ring (bicyclic) bond motifs is 3. The number of hydrogen-bond acceptors (Lipinski definition) is 4. The van der Waals surface area contributed by atoms with Crippen LogP contribution < -0.4 is 10.6 Å². The molecule has 0 atom stereocenters. The summed E-state index contributed by atoms with van der Waals surface area (Å²) >= 11 is 0. The van der Waals surface area contributed by atoms with Crippen molar-refractivity contribution in [3.8, 4) is 11.1 Å². The lowest BCUT2D eigenvalue weighted by Gasteiger charge is -2.40. The summed E-state index contributed by atoms with van der Waals surface area (Å²) in [7, 11) is 0. The maximum atomic E-state index is 12.7. The number of aliphatic carboxylic acids is 1. The molecular weight excluding hydrogens is 432 g/mol. The van der Waals surface area contributed by atoms with Gasteiger partial charge in [0.05, 0.1) is 5.41 Å². The standard InChI is InChI=1S/C27H32N2O5/c30-24(31)13-2-1-7-16-28-25(32)27(14-8-15-27)18-29-26(33)34-17-23-21-11-5-3-9-19(21)20-10-4-6-12-22(20)23/h3-6,9-12,23H,1-2,7-8,13-18H2,(H,28,32)(H,29,33)(H,30,31). The first-order chi connectivity index (χ1) is 16.5. The van der Waals surface area contributed by atoms with Gasteiger partial charge in [0.1, 0.15) is 6.61 Å². The minimum absolute atomic E-state index is 0.000221. The van der Waals surface area contributed by atoms with Crippen molar-refractivity contribution < 1.29 is 24.2 Å². The molecule has 2 aliphatic rings. The predicted molar refractivity (Wildman–Crippen MR) is 128 cm³/mol. The molecule has 3 N–H and O–H groups in total. The Morgan fingerprint density at radius 2 is 1.56 bits per heavy atom. The van der Waals surface area contributed by atoms with Crippen LogP contribution in [0.25, 0.3) is 11.1 Å². The maximum absolute atomic E-state index is 12.7. The first-order valence-corrected chi connectivity index (χ1v) is 12.1. The average Bonchev–Trinajstić information content (AvgIpc) is 3.13. The van der Waals surface area contributed by atoms with Crippen molar-refractivity contribution in [3.63, 3.8) is 0 Å². The zero-order valence-corrected chi connectivity index (χ0v) is 19.3. The topological polar surface area (TPSA) is 105 Å². The number of carbonyl (C=O) groups excluding carboxylic acids is 2. The fourth-order valence-electron chi connectivity index (χ4n) is 4.95. The number of ether oxygens (including phenoxy) is 1. The van der Waals surface area contributed by atoms with Gasteiger partial charge in [-0.25, -0.2) is 4.79 Å². The second-order valence-corrected chi connectivity index (χ2v) is 9.27. The summed E-state index contributed by atoms with van der Waals surface area (Å²) in [5.41, 5.74) is 4.11. The lowest BCUT2D eigenvalue weighted by atomic mass is 9.68. The van der Waals surface area contributed by atoms with E-state index < -0.39 is 17.5 Å². The third-order valence-electron chi connectivity index (χ3n) is 7.06. The number of carbonyl (C=O) groups is 3. The van der Waals surface area contributed by atoms with Gasteiger partial charge in [-0.05, 0) is 47.9 Å². The third kappa shape index (κ3) is 5.24. The van der Waals surface area contributed by atoms with Gasteiger partial charge < -0.3 is 20.5 Å². The van der Waals surface area contributed by atoms with Crippen LogP contribution in [0.3, 0.4) is 0 Å². The quantitative estimate of drug-likeness (QED) is 0.426. The molecule has 2 aromatic carbocycles. The van der Waals surface area contributed by atoms with Crippen LogP contribution in [-0.2, 0) is 14.3 Å². The molecule has 0 radical (unpaired) electrons. The van der Waals surface area contributed by atoms with Gasteiger partial charge in [0.25, 0.3) is 0 Å². The van der Waals surface area contributed by atoms with Crippen molar-refractivity contribution in [1.29, 1.82) is 0 Å². The van der Waals surface area contributed by atoms with Gasteiger partial charge in [0.2, 0.25) is 5.91 Å². The molecule has 2 amide bonds. The van der Waals surface area contributed by atoms with Gasteiger partial charge in [-0.15, -0.1) is 0 Å². The lowest BCUT2D eigenvalue weighted by molar-refractivity contribution is -0.137. The molecule has 2 aliphatic carbocycles. The number of hydrogen-bond donors (Lipinski definition) is 3. The minimum atomic E-state index is -0.795. The van der Waals surface area contributed by atoms with Crippen LogP contribution in [0, 0.1) is 5.41 Å². The number of carboxylic acid groups (broad SMARTS) is 1. The van der Waals surface area contributed by atoms with Gasteiger partial charge in [0, 0.05) is 25.4 Å². The lowest BCUT2D eigenvalue weighted by Crippen LogP contribution is -2.52. The molecule has 0 aromatic heterocycles. The highest BCUT2D eigenvalue weighted by molar-refractivity contribution is 5.84. The summed E-state index contributed by atoms with van der Waals surface area (Å²) in [6.45, 7) is 1.02. The molecule has 0 saturated heterocycles. The van der Waals surface area contributed by atoms with E-state index in [1.165, 1.54) is 11.1 Å². The van der Waals surface area contributed by atoms with Crippen molar-refractivity contribution in [2.24, 2.45) is 5.41 Å². The van der Waals surface area contributed by atoms with Crippen molar-refractivity contribution in [2.75, 3.05) is 19.7 Å². The van der Waals surface area contributed by atoms with Crippen molar-refractivity contribution >= 4 is 18.0 Å². The molecule has 0 heterocycles. The highest BCUT2D eigenvalue weighted by atomic mass is 16.5. The molecule has 7 heteroatoms. The predicted octanol–water partition coefficient (Wildman–Crippen LogP) is 4.46. The number of rotatable bonds is 11. The molecule has 0 spiro atoms.